The van der Waals surface area contributed by atoms with Crippen molar-refractivity contribution in [2.75, 3.05) is 19.8 Å². The van der Waals surface area contributed by atoms with Crippen LogP contribution in [0.15, 0.2) is 12.7 Å². The Labute approximate surface area is 81.2 Å². The van der Waals surface area contributed by atoms with E-state index in [4.69, 9.17) is 10.2 Å². The van der Waals surface area contributed by atoms with Gasteiger partial charge in [-0.1, -0.05) is 6.58 Å². The Hall–Kier alpha value is -1.40. The summed E-state index contributed by atoms with van der Waals surface area (Å²) in [6, 6.07) is 0. The first-order valence-corrected chi connectivity index (χ1v) is 3.95. The Morgan fingerprint density at radius 1 is 1.57 bits per heavy atom. The van der Waals surface area contributed by atoms with Crippen molar-refractivity contribution in [3.05, 3.63) is 12.7 Å². The minimum atomic E-state index is -1.01. The highest BCUT2D eigenvalue weighted by Gasteiger charge is 2.07. The van der Waals surface area contributed by atoms with Crippen LogP contribution < -0.4 is 5.32 Å². The third-order valence-electron chi connectivity index (χ3n) is 1.26. The molecule has 0 saturated heterocycles. The van der Waals surface area contributed by atoms with Crippen LogP contribution in [0.25, 0.3) is 0 Å². The van der Waals surface area contributed by atoms with E-state index in [2.05, 4.69) is 16.6 Å². The maximum absolute atomic E-state index is 10.9. The van der Waals surface area contributed by atoms with Gasteiger partial charge in [-0.25, -0.2) is 4.79 Å². The minimum Gasteiger partial charge on any atom is -0.452 e. The molecule has 0 heterocycles. The van der Waals surface area contributed by atoms with Gasteiger partial charge in [0.1, 0.15) is 0 Å². The maximum Gasteiger partial charge on any atom is 0.330 e. The predicted octanol–water partition coefficient (Wildman–Crippen LogP) is -1.81. The second kappa shape index (κ2) is 7.05. The zero-order valence-corrected chi connectivity index (χ0v) is 7.60. The van der Waals surface area contributed by atoms with Gasteiger partial charge >= 0.3 is 5.97 Å². The highest BCUT2D eigenvalue weighted by Crippen LogP contribution is 1.81. The number of aliphatic hydroxyl groups excluding tert-OH is 2. The number of rotatable bonds is 6. The number of esters is 1. The molecule has 0 aromatic heterocycles. The molecule has 0 aliphatic rings. The van der Waals surface area contributed by atoms with Gasteiger partial charge in [0.05, 0.1) is 12.7 Å². The fourth-order valence-corrected chi connectivity index (χ4v) is 0.543. The van der Waals surface area contributed by atoms with Crippen molar-refractivity contribution in [3.8, 4) is 0 Å². The highest BCUT2D eigenvalue weighted by atomic mass is 16.5. The number of nitrogens with one attached hydrogen (secondary N) is 1. The largest absolute Gasteiger partial charge is 0.452 e. The third-order valence-corrected chi connectivity index (χ3v) is 1.26. The third kappa shape index (κ3) is 6.15. The van der Waals surface area contributed by atoms with Crippen LogP contribution in [0.4, 0.5) is 0 Å². The summed E-state index contributed by atoms with van der Waals surface area (Å²) in [4.78, 5) is 21.4. The van der Waals surface area contributed by atoms with E-state index in [-0.39, 0.29) is 6.54 Å². The van der Waals surface area contributed by atoms with Gasteiger partial charge in [-0.15, -0.1) is 0 Å². The van der Waals surface area contributed by atoms with E-state index in [1.165, 1.54) is 0 Å². The molecule has 1 amide bonds. The number of ether oxygens (including phenoxy) is 1. The average Bonchev–Trinajstić information content (AvgIpc) is 2.22. The Morgan fingerprint density at radius 3 is 2.71 bits per heavy atom. The molecule has 0 aliphatic heterocycles. The molecule has 0 aliphatic carbocycles. The molecular weight excluding hydrogens is 190 g/mol. The Kier molecular flexibility index (Phi) is 6.34. The quantitative estimate of drug-likeness (QED) is 0.349. The lowest BCUT2D eigenvalue weighted by Gasteiger charge is -2.08. The SMILES string of the molecule is C=CC(=O)OCC(=O)NCC(O)CO. The zero-order valence-electron chi connectivity index (χ0n) is 7.60. The molecule has 0 rings (SSSR count). The minimum absolute atomic E-state index is 0.0824. The monoisotopic (exact) mass is 203 g/mol. The van der Waals surface area contributed by atoms with Crippen molar-refractivity contribution < 1.29 is 24.5 Å². The number of hydrogen-bond acceptors (Lipinski definition) is 5. The topological polar surface area (TPSA) is 95.9 Å². The second-order valence-electron chi connectivity index (χ2n) is 2.45. The number of carbonyl (C=O) groups is 2. The van der Waals surface area contributed by atoms with Gasteiger partial charge in [0.15, 0.2) is 6.61 Å². The Bertz CT molecular complexity index is 216. The molecule has 0 spiro atoms. The fourth-order valence-electron chi connectivity index (χ4n) is 0.543. The molecule has 6 nitrogen and oxygen atoms in total. The van der Waals surface area contributed by atoms with Gasteiger partial charge < -0.3 is 20.3 Å². The van der Waals surface area contributed by atoms with E-state index in [0.29, 0.717) is 0 Å². The van der Waals surface area contributed by atoms with Crippen molar-refractivity contribution in [3.63, 3.8) is 0 Å². The summed E-state index contributed by atoms with van der Waals surface area (Å²) in [6.07, 6.45) is -0.0652. The fraction of sp³-hybridized carbons (Fsp3) is 0.500. The first-order chi connectivity index (χ1) is 6.60. The summed E-state index contributed by atoms with van der Waals surface area (Å²) in [5.74, 6) is -1.24. The summed E-state index contributed by atoms with van der Waals surface area (Å²) in [7, 11) is 0. The van der Waals surface area contributed by atoms with Crippen LogP contribution in [0.3, 0.4) is 0 Å². The van der Waals surface area contributed by atoms with Crippen molar-refractivity contribution in [2.45, 2.75) is 6.10 Å². The summed E-state index contributed by atoms with van der Waals surface area (Å²) >= 11 is 0. The van der Waals surface area contributed by atoms with Crippen molar-refractivity contribution in [1.29, 1.82) is 0 Å². The van der Waals surface area contributed by atoms with Crippen molar-refractivity contribution in [1.82, 2.24) is 5.32 Å². The molecule has 6 heteroatoms. The van der Waals surface area contributed by atoms with Gasteiger partial charge in [0.25, 0.3) is 5.91 Å². The molecule has 14 heavy (non-hydrogen) atoms. The summed E-state index contributed by atoms with van der Waals surface area (Å²) in [6.45, 7) is 2.20. The van der Waals surface area contributed by atoms with Gasteiger partial charge in [-0.2, -0.15) is 0 Å². The van der Waals surface area contributed by atoms with Gasteiger partial charge in [0.2, 0.25) is 0 Å². The first kappa shape index (κ1) is 12.6. The molecule has 0 radical (unpaired) electrons. The molecule has 1 unspecified atom stereocenters. The van der Waals surface area contributed by atoms with Gasteiger partial charge in [0, 0.05) is 12.6 Å². The molecule has 80 valence electrons. The lowest BCUT2D eigenvalue weighted by molar-refractivity contribution is -0.143. The molecule has 0 aromatic carbocycles. The van der Waals surface area contributed by atoms with E-state index in [1.807, 2.05) is 0 Å². The Balaban J connectivity index is 3.56. The first-order valence-electron chi connectivity index (χ1n) is 3.95. The van der Waals surface area contributed by atoms with Crippen LogP contribution >= 0.6 is 0 Å². The molecule has 0 saturated carbocycles. The zero-order chi connectivity index (χ0) is 11.0. The molecule has 0 aromatic rings. The van der Waals surface area contributed by atoms with Crippen LogP contribution in [-0.2, 0) is 14.3 Å². The number of hydrogen-bond donors (Lipinski definition) is 3. The van der Waals surface area contributed by atoms with E-state index in [0.717, 1.165) is 6.08 Å². The smallest absolute Gasteiger partial charge is 0.330 e. The summed E-state index contributed by atoms with van der Waals surface area (Å²) < 4.78 is 4.41. The molecular formula is C8H13NO5. The summed E-state index contributed by atoms with van der Waals surface area (Å²) in [5, 5.41) is 19.5. The molecule has 1 atom stereocenters. The van der Waals surface area contributed by atoms with Crippen LogP contribution in [-0.4, -0.2) is 48.0 Å². The Morgan fingerprint density at radius 2 is 2.21 bits per heavy atom. The predicted molar refractivity (Wildman–Crippen MR) is 47.3 cm³/mol. The van der Waals surface area contributed by atoms with Gasteiger partial charge in [-0.3, -0.25) is 4.79 Å². The van der Waals surface area contributed by atoms with Crippen LogP contribution in [0.1, 0.15) is 0 Å². The van der Waals surface area contributed by atoms with Crippen molar-refractivity contribution in [2.24, 2.45) is 0 Å². The van der Waals surface area contributed by atoms with E-state index in [1.54, 1.807) is 0 Å². The molecule has 0 bridgehead atoms. The van der Waals surface area contributed by atoms with Crippen LogP contribution in [0.2, 0.25) is 0 Å². The van der Waals surface area contributed by atoms with E-state index < -0.39 is 31.2 Å². The summed E-state index contributed by atoms with van der Waals surface area (Å²) in [5.41, 5.74) is 0. The van der Waals surface area contributed by atoms with E-state index >= 15 is 0 Å². The highest BCUT2D eigenvalue weighted by molar-refractivity contribution is 5.85. The number of aliphatic hydroxyl groups is 2. The normalized spacial score (nSPS) is 11.6. The van der Waals surface area contributed by atoms with Gasteiger partial charge in [-0.05, 0) is 0 Å². The van der Waals surface area contributed by atoms with Crippen molar-refractivity contribution >= 4 is 11.9 Å². The average molecular weight is 203 g/mol. The lowest BCUT2D eigenvalue weighted by Crippen LogP contribution is -2.36. The maximum atomic E-state index is 10.9. The number of amides is 1. The molecule has 3 N–H and O–H groups in total. The lowest BCUT2D eigenvalue weighted by atomic mass is 10.4. The number of carbonyl (C=O) groups excluding carboxylic acids is 2. The van der Waals surface area contributed by atoms with E-state index in [9.17, 15) is 9.59 Å². The second-order valence-corrected chi connectivity index (χ2v) is 2.45. The van der Waals surface area contributed by atoms with Crippen LogP contribution in [0.5, 0.6) is 0 Å². The van der Waals surface area contributed by atoms with Crippen LogP contribution in [0, 0.1) is 0 Å². The standard InChI is InChI=1S/C8H13NO5/c1-2-8(13)14-5-7(12)9-3-6(11)4-10/h2,6,10-11H,1,3-5H2,(H,9,12). The molecule has 0 fully saturated rings.